The van der Waals surface area contributed by atoms with Gasteiger partial charge in [-0.2, -0.15) is 0 Å². The fraction of sp³-hybridized carbons (Fsp3) is 0.333. The molecule has 0 spiro atoms. The number of hydrogen-bond donors (Lipinski definition) is 3. The van der Waals surface area contributed by atoms with E-state index < -0.39 is 35.8 Å². The van der Waals surface area contributed by atoms with E-state index in [0.717, 1.165) is 7.11 Å². The lowest BCUT2D eigenvalue weighted by molar-refractivity contribution is 0.259. The van der Waals surface area contributed by atoms with Crippen LogP contribution in [0.4, 0.5) is 8.78 Å². The zero-order valence-electron chi connectivity index (χ0n) is 8.00. The smallest absolute Gasteiger partial charge is 0.197 e. The van der Waals surface area contributed by atoms with E-state index in [-0.39, 0.29) is 5.56 Å². The largest absolute Gasteiger partial charge is 0.504 e. The number of benzene rings is 1. The van der Waals surface area contributed by atoms with E-state index in [0.29, 0.717) is 6.07 Å². The lowest BCUT2D eigenvalue weighted by Gasteiger charge is -2.14. The van der Waals surface area contributed by atoms with Crippen molar-refractivity contribution in [1.29, 1.82) is 0 Å². The van der Waals surface area contributed by atoms with Crippen molar-refractivity contribution in [3.63, 3.8) is 0 Å². The molecule has 0 aliphatic carbocycles. The van der Waals surface area contributed by atoms with Crippen molar-refractivity contribution in [3.05, 3.63) is 23.3 Å². The first-order valence-electron chi connectivity index (χ1n) is 4.14. The van der Waals surface area contributed by atoms with Gasteiger partial charge in [0.05, 0.1) is 25.3 Å². The molecule has 0 amide bonds. The standard InChI is InChI=1S/C9H11F2NO3/c1-15-9-5(11)2-4(10)7(8(9)14)6(12)3-13/h2,6,13-14H,3,12H2,1H3. The van der Waals surface area contributed by atoms with Gasteiger partial charge in [0.2, 0.25) is 0 Å². The molecule has 15 heavy (non-hydrogen) atoms. The third-order valence-electron chi connectivity index (χ3n) is 1.97. The number of aliphatic hydroxyl groups is 1. The first-order valence-corrected chi connectivity index (χ1v) is 4.14. The fourth-order valence-electron chi connectivity index (χ4n) is 1.24. The molecule has 1 unspecified atom stereocenters. The average molecular weight is 219 g/mol. The molecule has 0 bridgehead atoms. The number of aromatic hydroxyl groups is 1. The predicted molar refractivity (Wildman–Crippen MR) is 48.6 cm³/mol. The van der Waals surface area contributed by atoms with Crippen molar-refractivity contribution in [2.45, 2.75) is 6.04 Å². The van der Waals surface area contributed by atoms with E-state index in [2.05, 4.69) is 4.74 Å². The summed E-state index contributed by atoms with van der Waals surface area (Å²) in [6.45, 7) is -0.570. The van der Waals surface area contributed by atoms with Crippen LogP contribution in [0, 0.1) is 11.6 Å². The lowest BCUT2D eigenvalue weighted by atomic mass is 10.1. The molecule has 1 rings (SSSR count). The molecule has 0 fully saturated rings. The normalized spacial score (nSPS) is 12.6. The van der Waals surface area contributed by atoms with Crippen molar-refractivity contribution < 1.29 is 23.7 Å². The van der Waals surface area contributed by atoms with Gasteiger partial charge < -0.3 is 20.7 Å². The first-order chi connectivity index (χ1) is 7.02. The van der Waals surface area contributed by atoms with Crippen LogP contribution >= 0.6 is 0 Å². The topological polar surface area (TPSA) is 75.7 Å². The van der Waals surface area contributed by atoms with Crippen LogP contribution in [0.2, 0.25) is 0 Å². The summed E-state index contributed by atoms with van der Waals surface area (Å²) in [6, 6.07) is -0.580. The Balaban J connectivity index is 3.38. The van der Waals surface area contributed by atoms with Crippen LogP contribution in [0.5, 0.6) is 11.5 Å². The highest BCUT2D eigenvalue weighted by Gasteiger charge is 2.22. The lowest BCUT2D eigenvalue weighted by Crippen LogP contribution is -2.17. The second-order valence-electron chi connectivity index (χ2n) is 2.92. The summed E-state index contributed by atoms with van der Waals surface area (Å²) in [6.07, 6.45) is 0. The summed E-state index contributed by atoms with van der Waals surface area (Å²) in [4.78, 5) is 0. The van der Waals surface area contributed by atoms with Gasteiger partial charge in [0.15, 0.2) is 17.3 Å². The summed E-state index contributed by atoms with van der Waals surface area (Å²) in [5, 5.41) is 18.2. The molecular formula is C9H11F2NO3. The summed E-state index contributed by atoms with van der Waals surface area (Å²) in [7, 11) is 1.13. The Bertz CT molecular complexity index is 371. The zero-order valence-corrected chi connectivity index (χ0v) is 8.00. The maximum absolute atomic E-state index is 13.2. The van der Waals surface area contributed by atoms with Crippen LogP contribution < -0.4 is 10.5 Å². The molecule has 0 radical (unpaired) electrons. The molecular weight excluding hydrogens is 208 g/mol. The predicted octanol–water partition coefficient (Wildman–Crippen LogP) is 0.671. The summed E-state index contributed by atoms with van der Waals surface area (Å²) >= 11 is 0. The molecule has 4 nitrogen and oxygen atoms in total. The fourth-order valence-corrected chi connectivity index (χ4v) is 1.24. The summed E-state index contributed by atoms with van der Waals surface area (Å²) < 4.78 is 30.8. The first kappa shape index (κ1) is 11.7. The number of rotatable bonds is 3. The van der Waals surface area contributed by atoms with Gasteiger partial charge in [-0.1, -0.05) is 0 Å². The van der Waals surface area contributed by atoms with Gasteiger partial charge in [0.25, 0.3) is 0 Å². The van der Waals surface area contributed by atoms with Crippen molar-refractivity contribution in [2.24, 2.45) is 5.73 Å². The quantitative estimate of drug-likeness (QED) is 0.698. The van der Waals surface area contributed by atoms with Crippen LogP contribution in [0.15, 0.2) is 6.07 Å². The summed E-state index contributed by atoms with van der Waals surface area (Å²) in [5.74, 6) is -3.26. The number of methoxy groups -OCH3 is 1. The van der Waals surface area contributed by atoms with Crippen molar-refractivity contribution in [2.75, 3.05) is 13.7 Å². The van der Waals surface area contributed by atoms with Crippen LogP contribution in [0.25, 0.3) is 0 Å². The molecule has 6 heteroatoms. The van der Waals surface area contributed by atoms with E-state index in [9.17, 15) is 13.9 Å². The number of aliphatic hydroxyl groups excluding tert-OH is 1. The second kappa shape index (κ2) is 4.41. The maximum atomic E-state index is 13.2. The van der Waals surface area contributed by atoms with E-state index in [1.807, 2.05) is 0 Å². The number of hydrogen-bond acceptors (Lipinski definition) is 4. The average Bonchev–Trinajstić information content (AvgIpc) is 2.17. The Hall–Kier alpha value is -1.40. The van der Waals surface area contributed by atoms with E-state index >= 15 is 0 Å². The highest BCUT2D eigenvalue weighted by Crippen LogP contribution is 2.37. The molecule has 4 N–H and O–H groups in total. The SMILES string of the molecule is COc1c(F)cc(F)c(C(N)CO)c1O. The van der Waals surface area contributed by atoms with Gasteiger partial charge in [0, 0.05) is 6.07 Å². The Morgan fingerprint density at radius 1 is 1.47 bits per heavy atom. The van der Waals surface area contributed by atoms with E-state index in [1.165, 1.54) is 0 Å². The van der Waals surface area contributed by atoms with Crippen LogP contribution in [0.1, 0.15) is 11.6 Å². The van der Waals surface area contributed by atoms with E-state index in [1.54, 1.807) is 0 Å². The Morgan fingerprint density at radius 3 is 2.53 bits per heavy atom. The van der Waals surface area contributed by atoms with Crippen molar-refractivity contribution in [3.8, 4) is 11.5 Å². The Labute approximate surface area is 84.9 Å². The highest BCUT2D eigenvalue weighted by molar-refractivity contribution is 5.48. The second-order valence-corrected chi connectivity index (χ2v) is 2.92. The van der Waals surface area contributed by atoms with Gasteiger partial charge in [-0.3, -0.25) is 0 Å². The minimum absolute atomic E-state index is 0.365. The highest BCUT2D eigenvalue weighted by atomic mass is 19.1. The third kappa shape index (κ3) is 2.00. The molecule has 0 aliphatic rings. The molecule has 1 aromatic rings. The molecule has 0 saturated carbocycles. The minimum atomic E-state index is -1.13. The number of phenolic OH excluding ortho intramolecular Hbond substituents is 1. The van der Waals surface area contributed by atoms with Crippen LogP contribution in [-0.2, 0) is 0 Å². The number of halogens is 2. The zero-order chi connectivity index (χ0) is 11.6. The number of nitrogens with two attached hydrogens (primary N) is 1. The monoisotopic (exact) mass is 219 g/mol. The Kier molecular flexibility index (Phi) is 3.43. The van der Waals surface area contributed by atoms with Gasteiger partial charge in [0.1, 0.15) is 5.82 Å². The molecule has 0 heterocycles. The number of phenols is 1. The van der Waals surface area contributed by atoms with E-state index in [4.69, 9.17) is 10.8 Å². The molecule has 0 aliphatic heterocycles. The maximum Gasteiger partial charge on any atom is 0.197 e. The molecule has 84 valence electrons. The molecule has 1 aromatic carbocycles. The molecule has 0 saturated heterocycles. The van der Waals surface area contributed by atoms with Gasteiger partial charge in [-0.15, -0.1) is 0 Å². The van der Waals surface area contributed by atoms with Crippen LogP contribution in [-0.4, -0.2) is 23.9 Å². The third-order valence-corrected chi connectivity index (χ3v) is 1.97. The van der Waals surface area contributed by atoms with Gasteiger partial charge in [-0.25, -0.2) is 8.78 Å². The molecule has 1 atom stereocenters. The molecule has 0 aromatic heterocycles. The minimum Gasteiger partial charge on any atom is -0.504 e. The van der Waals surface area contributed by atoms with Gasteiger partial charge in [-0.05, 0) is 0 Å². The van der Waals surface area contributed by atoms with Crippen molar-refractivity contribution in [1.82, 2.24) is 0 Å². The summed E-state index contributed by atoms with van der Waals surface area (Å²) in [5.41, 5.74) is 4.98. The van der Waals surface area contributed by atoms with Crippen LogP contribution in [0.3, 0.4) is 0 Å². The van der Waals surface area contributed by atoms with Gasteiger partial charge >= 0.3 is 0 Å². The Morgan fingerprint density at radius 2 is 2.07 bits per heavy atom. The number of ether oxygens (including phenoxy) is 1. The van der Waals surface area contributed by atoms with Crippen molar-refractivity contribution >= 4 is 0 Å².